The molecule has 4 nitrogen and oxygen atoms in total. The first-order valence-corrected chi connectivity index (χ1v) is 6.98. The fourth-order valence-electron chi connectivity index (χ4n) is 1.99. The smallest absolute Gasteiger partial charge is 0.253 e. The fraction of sp³-hybridized carbons (Fsp3) is 0.333. The summed E-state index contributed by atoms with van der Waals surface area (Å²) in [6, 6.07) is 5.20. The van der Waals surface area contributed by atoms with E-state index in [0.717, 1.165) is 3.57 Å². The molecule has 2 N–H and O–H groups in total. The molecule has 1 unspecified atom stereocenters. The van der Waals surface area contributed by atoms with Crippen molar-refractivity contribution in [1.82, 2.24) is 4.90 Å². The van der Waals surface area contributed by atoms with Crippen molar-refractivity contribution in [2.75, 3.05) is 13.1 Å². The highest BCUT2D eigenvalue weighted by Crippen LogP contribution is 2.23. The van der Waals surface area contributed by atoms with Gasteiger partial charge in [0.05, 0.1) is 10.9 Å². The van der Waals surface area contributed by atoms with Crippen molar-refractivity contribution in [1.29, 1.82) is 0 Å². The van der Waals surface area contributed by atoms with Crippen molar-refractivity contribution in [3.05, 3.63) is 32.4 Å². The molecule has 0 saturated carbocycles. The number of rotatable bonds is 2. The maximum atomic E-state index is 12.2. The standard InChI is InChI=1S/C12H12ClIN2O2/c13-9-5-7(1-2-10(9)14)12(18)16-4-3-8(6-16)11(15)17/h1-2,5,8H,3-4,6H2,(H2,15,17). The summed E-state index contributed by atoms with van der Waals surface area (Å²) in [6.07, 6.45) is 0.638. The second-order valence-electron chi connectivity index (χ2n) is 4.27. The molecule has 1 fully saturated rings. The molecule has 6 heteroatoms. The molecule has 1 heterocycles. The topological polar surface area (TPSA) is 63.4 Å². The fourth-order valence-corrected chi connectivity index (χ4v) is 2.50. The Hall–Kier alpha value is -0.820. The molecule has 1 aromatic carbocycles. The number of primary amides is 1. The average Bonchev–Trinajstić information content (AvgIpc) is 2.81. The van der Waals surface area contributed by atoms with Crippen LogP contribution in [-0.2, 0) is 4.79 Å². The first kappa shape index (κ1) is 13.6. The lowest BCUT2D eigenvalue weighted by molar-refractivity contribution is -0.121. The Bertz CT molecular complexity index is 507. The van der Waals surface area contributed by atoms with Crippen molar-refractivity contribution >= 4 is 46.0 Å². The number of amides is 2. The van der Waals surface area contributed by atoms with Crippen molar-refractivity contribution in [3.63, 3.8) is 0 Å². The van der Waals surface area contributed by atoms with E-state index in [-0.39, 0.29) is 17.7 Å². The van der Waals surface area contributed by atoms with Crippen molar-refractivity contribution in [2.45, 2.75) is 6.42 Å². The van der Waals surface area contributed by atoms with Crippen molar-refractivity contribution < 1.29 is 9.59 Å². The number of likely N-dealkylation sites (tertiary alicyclic amines) is 1. The number of hydrogen-bond donors (Lipinski definition) is 1. The Morgan fingerprint density at radius 2 is 2.17 bits per heavy atom. The predicted octanol–water partition coefficient (Wildman–Crippen LogP) is 1.89. The van der Waals surface area contributed by atoms with Crippen LogP contribution in [0.2, 0.25) is 5.02 Å². The van der Waals surface area contributed by atoms with E-state index in [1.54, 1.807) is 23.1 Å². The highest BCUT2D eigenvalue weighted by Gasteiger charge is 2.30. The summed E-state index contributed by atoms with van der Waals surface area (Å²) in [5, 5.41) is 0.562. The van der Waals surface area contributed by atoms with Crippen LogP contribution in [0.3, 0.4) is 0 Å². The van der Waals surface area contributed by atoms with Crippen molar-refractivity contribution in [3.8, 4) is 0 Å². The number of carbonyl (C=O) groups excluding carboxylic acids is 2. The minimum Gasteiger partial charge on any atom is -0.369 e. The molecule has 96 valence electrons. The van der Waals surface area contributed by atoms with Gasteiger partial charge in [0.1, 0.15) is 0 Å². The highest BCUT2D eigenvalue weighted by molar-refractivity contribution is 14.1. The summed E-state index contributed by atoms with van der Waals surface area (Å²) in [6.45, 7) is 0.966. The molecular formula is C12H12ClIN2O2. The Balaban J connectivity index is 2.12. The zero-order valence-electron chi connectivity index (χ0n) is 9.53. The molecule has 1 aliphatic rings. The largest absolute Gasteiger partial charge is 0.369 e. The average molecular weight is 379 g/mol. The second-order valence-corrected chi connectivity index (χ2v) is 5.84. The Morgan fingerprint density at radius 3 is 2.72 bits per heavy atom. The summed E-state index contributed by atoms with van der Waals surface area (Å²) >= 11 is 8.10. The molecule has 0 aliphatic carbocycles. The van der Waals surface area contributed by atoms with E-state index in [0.29, 0.717) is 30.1 Å². The maximum Gasteiger partial charge on any atom is 0.253 e. The molecule has 2 amide bonds. The van der Waals surface area contributed by atoms with E-state index in [1.807, 2.05) is 0 Å². The zero-order chi connectivity index (χ0) is 13.3. The van der Waals surface area contributed by atoms with E-state index in [2.05, 4.69) is 22.6 Å². The van der Waals surface area contributed by atoms with Gasteiger partial charge in [0.25, 0.3) is 5.91 Å². The predicted molar refractivity (Wildman–Crippen MR) is 77.4 cm³/mol. The lowest BCUT2D eigenvalue weighted by Crippen LogP contribution is -2.31. The molecular weight excluding hydrogens is 367 g/mol. The Kier molecular flexibility index (Phi) is 4.11. The highest BCUT2D eigenvalue weighted by atomic mass is 127. The van der Waals surface area contributed by atoms with Crippen LogP contribution in [0.1, 0.15) is 16.8 Å². The molecule has 0 radical (unpaired) electrons. The van der Waals surface area contributed by atoms with E-state index >= 15 is 0 Å². The first-order chi connectivity index (χ1) is 8.49. The minimum atomic E-state index is -0.342. The molecule has 18 heavy (non-hydrogen) atoms. The van der Waals surface area contributed by atoms with E-state index in [4.69, 9.17) is 17.3 Å². The normalized spacial score (nSPS) is 19.0. The van der Waals surface area contributed by atoms with E-state index < -0.39 is 0 Å². The lowest BCUT2D eigenvalue weighted by atomic mass is 10.1. The molecule has 1 atom stereocenters. The van der Waals surface area contributed by atoms with Gasteiger partial charge in [0.15, 0.2) is 0 Å². The molecule has 0 bridgehead atoms. The third-order valence-electron chi connectivity index (χ3n) is 3.04. The van der Waals surface area contributed by atoms with Gasteiger partial charge in [-0.05, 0) is 47.2 Å². The van der Waals surface area contributed by atoms with E-state index in [1.165, 1.54) is 0 Å². The lowest BCUT2D eigenvalue weighted by Gasteiger charge is -2.16. The number of benzene rings is 1. The molecule has 1 aliphatic heterocycles. The van der Waals surface area contributed by atoms with Gasteiger partial charge >= 0.3 is 0 Å². The number of nitrogens with two attached hydrogens (primary N) is 1. The van der Waals surface area contributed by atoms with Gasteiger partial charge in [0, 0.05) is 22.2 Å². The molecule has 0 aromatic heterocycles. The Labute approximate surface area is 124 Å². The quantitative estimate of drug-likeness (QED) is 0.799. The molecule has 1 saturated heterocycles. The van der Waals surface area contributed by atoms with Crippen LogP contribution in [0.4, 0.5) is 0 Å². The van der Waals surface area contributed by atoms with Crippen LogP contribution in [0.15, 0.2) is 18.2 Å². The van der Waals surface area contributed by atoms with Crippen LogP contribution in [0.5, 0.6) is 0 Å². The summed E-state index contributed by atoms with van der Waals surface area (Å²) in [5.41, 5.74) is 5.79. The van der Waals surface area contributed by atoms with Gasteiger partial charge in [-0.2, -0.15) is 0 Å². The van der Waals surface area contributed by atoms with E-state index in [9.17, 15) is 9.59 Å². The molecule has 2 rings (SSSR count). The van der Waals surface area contributed by atoms with Gasteiger partial charge in [-0.15, -0.1) is 0 Å². The SMILES string of the molecule is NC(=O)C1CCN(C(=O)c2ccc(I)c(Cl)c2)C1. The maximum absolute atomic E-state index is 12.2. The number of carbonyl (C=O) groups is 2. The monoisotopic (exact) mass is 378 g/mol. The molecule has 0 spiro atoms. The van der Waals surface area contributed by atoms with Gasteiger partial charge < -0.3 is 10.6 Å². The number of hydrogen-bond acceptors (Lipinski definition) is 2. The summed E-state index contributed by atoms with van der Waals surface area (Å²) in [7, 11) is 0. The number of nitrogens with zero attached hydrogens (tertiary/aromatic N) is 1. The minimum absolute atomic E-state index is 0.1000. The van der Waals surface area contributed by atoms with Gasteiger partial charge in [-0.25, -0.2) is 0 Å². The summed E-state index contributed by atoms with van der Waals surface area (Å²) < 4.78 is 0.905. The van der Waals surface area contributed by atoms with Crippen LogP contribution >= 0.6 is 34.2 Å². The zero-order valence-corrected chi connectivity index (χ0v) is 12.4. The third-order valence-corrected chi connectivity index (χ3v) is 4.62. The molecule has 1 aromatic rings. The van der Waals surface area contributed by atoms with Gasteiger partial charge in [0.2, 0.25) is 5.91 Å². The first-order valence-electron chi connectivity index (χ1n) is 5.52. The van der Waals surface area contributed by atoms with Crippen LogP contribution < -0.4 is 5.73 Å². The summed E-state index contributed by atoms with van der Waals surface area (Å²) in [4.78, 5) is 24.9. The second kappa shape index (κ2) is 5.44. The van der Waals surface area contributed by atoms with Gasteiger partial charge in [-0.3, -0.25) is 9.59 Å². The third kappa shape index (κ3) is 2.77. The summed E-state index contributed by atoms with van der Waals surface area (Å²) in [5.74, 6) is -0.670. The Morgan fingerprint density at radius 1 is 1.44 bits per heavy atom. The number of halogens is 2. The van der Waals surface area contributed by atoms with Crippen LogP contribution in [-0.4, -0.2) is 29.8 Å². The van der Waals surface area contributed by atoms with Gasteiger partial charge in [-0.1, -0.05) is 11.6 Å². The van der Waals surface area contributed by atoms with Crippen LogP contribution in [0.25, 0.3) is 0 Å². The van der Waals surface area contributed by atoms with Crippen molar-refractivity contribution in [2.24, 2.45) is 11.7 Å². The van der Waals surface area contributed by atoms with Crippen LogP contribution in [0, 0.1) is 9.49 Å².